The van der Waals surface area contributed by atoms with Crippen molar-refractivity contribution in [2.45, 2.75) is 29.8 Å². The molecule has 1 saturated carbocycles. The van der Waals surface area contributed by atoms with Crippen molar-refractivity contribution in [1.29, 1.82) is 0 Å². The van der Waals surface area contributed by atoms with Crippen LogP contribution in [0.1, 0.15) is 25.2 Å². The second-order valence-corrected chi connectivity index (χ2v) is 8.77. The molecule has 1 unspecified atom stereocenters. The Morgan fingerprint density at radius 2 is 1.92 bits per heavy atom. The Labute approximate surface area is 139 Å². The van der Waals surface area contributed by atoms with Crippen LogP contribution >= 0.6 is 0 Å². The van der Waals surface area contributed by atoms with Crippen LogP contribution in [0.4, 0.5) is 4.39 Å². The molecule has 0 amide bonds. The van der Waals surface area contributed by atoms with E-state index in [1.165, 1.54) is 12.1 Å². The maximum atomic E-state index is 15.6. The average molecular weight is 351 g/mol. The quantitative estimate of drug-likeness (QED) is 0.911. The molecule has 1 atom stereocenters. The summed E-state index contributed by atoms with van der Waals surface area (Å²) in [5.74, 6) is 0.276. The smallest absolute Gasteiger partial charge is 0.266 e. The lowest BCUT2D eigenvalue weighted by molar-refractivity contribution is -0.0497. The van der Waals surface area contributed by atoms with Gasteiger partial charge in [0.05, 0.1) is 4.90 Å². The molecule has 1 spiro atoms. The van der Waals surface area contributed by atoms with Gasteiger partial charge in [0.25, 0.3) is 5.89 Å². The highest BCUT2D eigenvalue weighted by Crippen LogP contribution is 2.57. The van der Waals surface area contributed by atoms with E-state index in [1.54, 1.807) is 12.1 Å². The van der Waals surface area contributed by atoms with E-state index < -0.39 is 20.9 Å². The maximum Gasteiger partial charge on any atom is 0.266 e. The zero-order valence-electron chi connectivity index (χ0n) is 13.3. The number of sulfone groups is 1. The SMILES string of the molecule is CS(=O)(=O)c1ccc(-c2noc(C3(F)CNCC34CCC4)n2)cc1. The summed E-state index contributed by atoms with van der Waals surface area (Å²) in [5.41, 5.74) is -1.48. The molecule has 2 aliphatic rings. The Balaban J connectivity index is 1.66. The molecule has 6 nitrogen and oxygen atoms in total. The van der Waals surface area contributed by atoms with Crippen LogP contribution in [0.25, 0.3) is 11.4 Å². The van der Waals surface area contributed by atoms with Crippen LogP contribution in [-0.2, 0) is 15.5 Å². The molecule has 1 N–H and O–H groups in total. The van der Waals surface area contributed by atoms with Gasteiger partial charge in [0, 0.05) is 30.3 Å². The molecule has 128 valence electrons. The lowest BCUT2D eigenvalue weighted by Crippen LogP contribution is -2.46. The van der Waals surface area contributed by atoms with E-state index in [2.05, 4.69) is 15.5 Å². The summed E-state index contributed by atoms with van der Waals surface area (Å²) in [6.45, 7) is 0.811. The largest absolute Gasteiger partial charge is 0.335 e. The highest BCUT2D eigenvalue weighted by molar-refractivity contribution is 7.90. The molecule has 24 heavy (non-hydrogen) atoms. The highest BCUT2D eigenvalue weighted by atomic mass is 32.2. The lowest BCUT2D eigenvalue weighted by Gasteiger charge is -2.44. The third-order valence-electron chi connectivity index (χ3n) is 5.29. The van der Waals surface area contributed by atoms with Crippen LogP contribution in [0.2, 0.25) is 0 Å². The number of hydrogen-bond donors (Lipinski definition) is 1. The third kappa shape index (κ3) is 2.20. The number of alkyl halides is 1. The van der Waals surface area contributed by atoms with Crippen molar-refractivity contribution in [2.24, 2.45) is 5.41 Å². The van der Waals surface area contributed by atoms with Gasteiger partial charge >= 0.3 is 0 Å². The first-order valence-corrected chi connectivity index (χ1v) is 9.78. The van der Waals surface area contributed by atoms with Crippen LogP contribution in [0.15, 0.2) is 33.7 Å². The number of halogens is 1. The van der Waals surface area contributed by atoms with E-state index in [4.69, 9.17) is 4.52 Å². The number of hydrogen-bond acceptors (Lipinski definition) is 6. The highest BCUT2D eigenvalue weighted by Gasteiger charge is 2.62. The fraction of sp³-hybridized carbons (Fsp3) is 0.500. The molecule has 2 heterocycles. The van der Waals surface area contributed by atoms with Crippen molar-refractivity contribution in [3.63, 3.8) is 0 Å². The van der Waals surface area contributed by atoms with Crippen LogP contribution < -0.4 is 5.32 Å². The third-order valence-corrected chi connectivity index (χ3v) is 6.42. The maximum absolute atomic E-state index is 15.6. The van der Waals surface area contributed by atoms with Crippen LogP contribution in [-0.4, -0.2) is 37.9 Å². The van der Waals surface area contributed by atoms with Gasteiger partial charge in [-0.15, -0.1) is 0 Å². The second-order valence-electron chi connectivity index (χ2n) is 6.76. The molecule has 1 saturated heterocycles. The van der Waals surface area contributed by atoms with E-state index >= 15 is 4.39 Å². The molecule has 2 fully saturated rings. The first kappa shape index (κ1) is 15.7. The topological polar surface area (TPSA) is 85.1 Å². The van der Waals surface area contributed by atoms with Crippen molar-refractivity contribution in [3.8, 4) is 11.4 Å². The summed E-state index contributed by atoms with van der Waals surface area (Å²) in [6, 6.07) is 6.16. The number of rotatable bonds is 3. The monoisotopic (exact) mass is 351 g/mol. The molecule has 1 aromatic heterocycles. The Hall–Kier alpha value is -1.80. The molecule has 4 rings (SSSR count). The number of benzene rings is 1. The van der Waals surface area contributed by atoms with Gasteiger partial charge in [-0.1, -0.05) is 11.6 Å². The first-order valence-electron chi connectivity index (χ1n) is 7.88. The minimum absolute atomic E-state index is 0.00869. The van der Waals surface area contributed by atoms with E-state index in [9.17, 15) is 8.42 Å². The zero-order valence-corrected chi connectivity index (χ0v) is 14.1. The summed E-state index contributed by atoms with van der Waals surface area (Å²) in [4.78, 5) is 4.47. The van der Waals surface area contributed by atoms with Gasteiger partial charge in [0.15, 0.2) is 9.84 Å². The van der Waals surface area contributed by atoms with Crippen LogP contribution in [0.5, 0.6) is 0 Å². The number of nitrogens with zero attached hydrogens (tertiary/aromatic N) is 2. The van der Waals surface area contributed by atoms with Crippen molar-refractivity contribution < 1.29 is 17.3 Å². The average Bonchev–Trinajstić information content (AvgIpc) is 3.11. The normalized spacial score (nSPS) is 25.8. The van der Waals surface area contributed by atoms with Gasteiger partial charge in [0.2, 0.25) is 11.5 Å². The predicted molar refractivity (Wildman–Crippen MR) is 84.8 cm³/mol. The van der Waals surface area contributed by atoms with Gasteiger partial charge in [0.1, 0.15) is 0 Å². The van der Waals surface area contributed by atoms with Crippen LogP contribution in [0.3, 0.4) is 0 Å². The molecular weight excluding hydrogens is 333 g/mol. The minimum atomic E-state index is -3.26. The van der Waals surface area contributed by atoms with Crippen molar-refractivity contribution in [1.82, 2.24) is 15.5 Å². The van der Waals surface area contributed by atoms with Crippen molar-refractivity contribution in [3.05, 3.63) is 30.2 Å². The summed E-state index contributed by atoms with van der Waals surface area (Å²) in [6.07, 6.45) is 3.79. The number of aromatic nitrogens is 2. The Kier molecular flexibility index (Phi) is 3.34. The van der Waals surface area contributed by atoms with E-state index in [1.807, 2.05) is 0 Å². The predicted octanol–water partition coefficient (Wildman–Crippen LogP) is 2.08. The summed E-state index contributed by atoms with van der Waals surface area (Å²) >= 11 is 0. The van der Waals surface area contributed by atoms with Gasteiger partial charge < -0.3 is 9.84 Å². The lowest BCUT2D eigenvalue weighted by atomic mass is 9.61. The van der Waals surface area contributed by atoms with Gasteiger partial charge in [-0.2, -0.15) is 4.98 Å². The fourth-order valence-corrected chi connectivity index (χ4v) is 4.26. The summed E-state index contributed by atoms with van der Waals surface area (Å²) < 4.78 is 43.8. The molecular formula is C16H18FN3O3S. The standard InChI is InChI=1S/C16H18FN3O3S/c1-24(21,22)12-5-3-11(4-6-12)13-19-14(23-20-13)16(17)10-18-9-15(16)7-2-8-15/h3-6,18H,2,7-10H2,1H3. The van der Waals surface area contributed by atoms with Gasteiger partial charge in [-0.25, -0.2) is 12.8 Å². The van der Waals surface area contributed by atoms with Gasteiger partial charge in [-0.05, 0) is 37.1 Å². The molecule has 0 bridgehead atoms. The minimum Gasteiger partial charge on any atom is -0.335 e. The fourth-order valence-electron chi connectivity index (χ4n) is 3.63. The van der Waals surface area contributed by atoms with Crippen molar-refractivity contribution in [2.75, 3.05) is 19.3 Å². The van der Waals surface area contributed by atoms with E-state index in [0.717, 1.165) is 25.5 Å². The molecule has 1 aromatic carbocycles. The first-order chi connectivity index (χ1) is 11.3. The molecule has 1 aliphatic heterocycles. The van der Waals surface area contributed by atoms with E-state index in [0.29, 0.717) is 12.1 Å². The van der Waals surface area contributed by atoms with Crippen LogP contribution in [0, 0.1) is 5.41 Å². The summed E-state index contributed by atoms with van der Waals surface area (Å²) in [5, 5.41) is 7.00. The van der Waals surface area contributed by atoms with E-state index in [-0.39, 0.29) is 23.2 Å². The molecule has 8 heteroatoms. The Morgan fingerprint density at radius 3 is 2.50 bits per heavy atom. The summed E-state index contributed by atoms with van der Waals surface area (Å²) in [7, 11) is -3.26. The number of nitrogens with one attached hydrogen (secondary N) is 1. The Bertz CT molecular complexity index is 874. The molecule has 2 aromatic rings. The van der Waals surface area contributed by atoms with Gasteiger partial charge in [-0.3, -0.25) is 0 Å². The Morgan fingerprint density at radius 1 is 1.21 bits per heavy atom. The molecule has 0 radical (unpaired) electrons. The second kappa shape index (κ2) is 5.10. The molecule has 1 aliphatic carbocycles. The van der Waals surface area contributed by atoms with Crippen molar-refractivity contribution >= 4 is 9.84 Å². The zero-order chi connectivity index (χ0) is 17.0.